The normalized spacial score (nSPS) is 10.8. The van der Waals surface area contributed by atoms with Crippen LogP contribution in [0.15, 0.2) is 36.4 Å². The van der Waals surface area contributed by atoms with Gasteiger partial charge in [0, 0.05) is 0 Å². The Kier molecular flexibility index (Phi) is 3.66. The van der Waals surface area contributed by atoms with E-state index in [1.807, 2.05) is 0 Å². The SMILES string of the molecule is Bc1ccc(CC/C=C/C)cc1. The van der Waals surface area contributed by atoms with Crippen LogP contribution in [0.4, 0.5) is 0 Å². The van der Waals surface area contributed by atoms with Crippen LogP contribution < -0.4 is 5.46 Å². The van der Waals surface area contributed by atoms with E-state index >= 15 is 0 Å². The lowest BCUT2D eigenvalue weighted by Crippen LogP contribution is -2.00. The van der Waals surface area contributed by atoms with Gasteiger partial charge in [-0.25, -0.2) is 0 Å². The molecule has 1 aromatic carbocycles. The summed E-state index contributed by atoms with van der Waals surface area (Å²) in [5.74, 6) is 0. The molecule has 0 heterocycles. The molecule has 0 radical (unpaired) electrons. The Morgan fingerprint density at radius 2 is 1.92 bits per heavy atom. The van der Waals surface area contributed by atoms with Gasteiger partial charge in [0.15, 0.2) is 0 Å². The number of allylic oxidation sites excluding steroid dienone is 2. The Balaban J connectivity index is 2.47. The lowest BCUT2D eigenvalue weighted by molar-refractivity contribution is 1.00. The fraction of sp³-hybridized carbons (Fsp3) is 0.273. The molecule has 0 aliphatic heterocycles. The van der Waals surface area contributed by atoms with E-state index in [1.54, 1.807) is 0 Å². The molecule has 0 unspecified atom stereocenters. The first-order valence-corrected chi connectivity index (χ1v) is 4.49. The van der Waals surface area contributed by atoms with Gasteiger partial charge in [-0.05, 0) is 25.3 Å². The van der Waals surface area contributed by atoms with Crippen LogP contribution in [0.3, 0.4) is 0 Å². The highest BCUT2D eigenvalue weighted by Crippen LogP contribution is 2.01. The zero-order chi connectivity index (χ0) is 8.81. The topological polar surface area (TPSA) is 0 Å². The molecule has 0 aliphatic carbocycles. The molecule has 0 saturated carbocycles. The van der Waals surface area contributed by atoms with Gasteiger partial charge in [0.25, 0.3) is 0 Å². The van der Waals surface area contributed by atoms with Crippen LogP contribution in [0, 0.1) is 0 Å². The van der Waals surface area contributed by atoms with Gasteiger partial charge in [-0.2, -0.15) is 0 Å². The number of rotatable bonds is 3. The quantitative estimate of drug-likeness (QED) is 0.461. The lowest BCUT2D eigenvalue weighted by Gasteiger charge is -1.98. The van der Waals surface area contributed by atoms with Crippen molar-refractivity contribution >= 4 is 13.3 Å². The largest absolute Gasteiger partial charge is 0.139 e. The third-order valence-corrected chi connectivity index (χ3v) is 1.96. The summed E-state index contributed by atoms with van der Waals surface area (Å²) in [6.45, 7) is 2.06. The van der Waals surface area contributed by atoms with E-state index in [9.17, 15) is 0 Å². The standard InChI is InChI=1S/C11H15B/c1-2-3-4-5-10-6-8-11(12)9-7-10/h2-3,6-9H,4-5,12H2,1H3/b3-2+. The summed E-state index contributed by atoms with van der Waals surface area (Å²) in [6, 6.07) is 8.76. The number of hydrogen-bond donors (Lipinski definition) is 0. The van der Waals surface area contributed by atoms with Crippen LogP contribution in [0.25, 0.3) is 0 Å². The van der Waals surface area contributed by atoms with Crippen LogP contribution in [-0.4, -0.2) is 7.85 Å². The molecule has 0 aliphatic rings. The fourth-order valence-corrected chi connectivity index (χ4v) is 1.17. The smallest absolute Gasteiger partial charge is 0.0917 e. The highest BCUT2D eigenvalue weighted by molar-refractivity contribution is 6.32. The van der Waals surface area contributed by atoms with E-state index in [0.717, 1.165) is 12.8 Å². The first-order valence-electron chi connectivity index (χ1n) is 4.49. The molecule has 0 nitrogen and oxygen atoms in total. The van der Waals surface area contributed by atoms with Crippen molar-refractivity contribution in [1.82, 2.24) is 0 Å². The molecule has 0 bridgehead atoms. The van der Waals surface area contributed by atoms with E-state index < -0.39 is 0 Å². The minimum absolute atomic E-state index is 1.15. The second-order valence-corrected chi connectivity index (χ2v) is 3.09. The van der Waals surface area contributed by atoms with Crippen LogP contribution in [0.2, 0.25) is 0 Å². The summed E-state index contributed by atoms with van der Waals surface area (Å²) >= 11 is 0. The van der Waals surface area contributed by atoms with Gasteiger partial charge in [0.2, 0.25) is 0 Å². The Morgan fingerprint density at radius 1 is 1.25 bits per heavy atom. The average Bonchev–Trinajstić information content (AvgIpc) is 2.09. The third-order valence-electron chi connectivity index (χ3n) is 1.96. The van der Waals surface area contributed by atoms with E-state index in [-0.39, 0.29) is 0 Å². The minimum atomic E-state index is 1.15. The third kappa shape index (κ3) is 2.95. The van der Waals surface area contributed by atoms with Crippen LogP contribution in [-0.2, 0) is 6.42 Å². The molecule has 0 N–H and O–H groups in total. The van der Waals surface area contributed by atoms with Gasteiger partial charge >= 0.3 is 0 Å². The van der Waals surface area contributed by atoms with Crippen molar-refractivity contribution in [2.45, 2.75) is 19.8 Å². The molecular weight excluding hydrogens is 143 g/mol. The van der Waals surface area contributed by atoms with Gasteiger partial charge in [-0.1, -0.05) is 41.9 Å². The molecule has 1 aromatic rings. The monoisotopic (exact) mass is 158 g/mol. The fourth-order valence-electron chi connectivity index (χ4n) is 1.17. The lowest BCUT2D eigenvalue weighted by atomic mass is 9.94. The summed E-state index contributed by atoms with van der Waals surface area (Å²) in [5, 5.41) is 0. The minimum Gasteiger partial charge on any atom is -0.0917 e. The van der Waals surface area contributed by atoms with Crippen molar-refractivity contribution in [2.24, 2.45) is 0 Å². The Hall–Kier alpha value is -0.975. The highest BCUT2D eigenvalue weighted by atomic mass is 13.9. The van der Waals surface area contributed by atoms with Crippen molar-refractivity contribution in [2.75, 3.05) is 0 Å². The summed E-state index contributed by atoms with van der Waals surface area (Å²) in [4.78, 5) is 0. The molecule has 0 aromatic heterocycles. The summed E-state index contributed by atoms with van der Waals surface area (Å²) < 4.78 is 0. The van der Waals surface area contributed by atoms with Crippen molar-refractivity contribution in [3.05, 3.63) is 42.0 Å². The number of hydrogen-bond acceptors (Lipinski definition) is 0. The van der Waals surface area contributed by atoms with E-state index in [0.29, 0.717) is 0 Å². The van der Waals surface area contributed by atoms with Crippen molar-refractivity contribution in [1.29, 1.82) is 0 Å². The molecule has 0 atom stereocenters. The van der Waals surface area contributed by atoms with Gasteiger partial charge in [-0.3, -0.25) is 0 Å². The molecule has 1 rings (SSSR count). The zero-order valence-corrected chi connectivity index (χ0v) is 7.88. The van der Waals surface area contributed by atoms with Gasteiger partial charge < -0.3 is 0 Å². The molecule has 0 saturated heterocycles. The highest BCUT2D eigenvalue weighted by Gasteiger charge is 1.89. The molecule has 0 fully saturated rings. The molecular formula is C11H15B. The Bertz CT molecular complexity index is 246. The summed E-state index contributed by atoms with van der Waals surface area (Å²) in [6.07, 6.45) is 6.62. The van der Waals surface area contributed by atoms with Crippen LogP contribution >= 0.6 is 0 Å². The molecule has 0 amide bonds. The summed E-state index contributed by atoms with van der Waals surface area (Å²) in [5.41, 5.74) is 2.77. The zero-order valence-electron chi connectivity index (χ0n) is 7.88. The maximum absolute atomic E-state index is 2.21. The predicted octanol–water partition coefficient (Wildman–Crippen LogP) is 1.45. The van der Waals surface area contributed by atoms with Gasteiger partial charge in [0.05, 0.1) is 0 Å². The predicted molar refractivity (Wildman–Crippen MR) is 57.8 cm³/mol. The Morgan fingerprint density at radius 3 is 2.50 bits per heavy atom. The summed E-state index contributed by atoms with van der Waals surface area (Å²) in [7, 11) is 2.12. The first kappa shape index (κ1) is 9.12. The Labute approximate surface area is 75.7 Å². The van der Waals surface area contributed by atoms with Crippen LogP contribution in [0.5, 0.6) is 0 Å². The molecule has 62 valence electrons. The second-order valence-electron chi connectivity index (χ2n) is 3.09. The number of aryl methyl sites for hydroxylation is 1. The van der Waals surface area contributed by atoms with Crippen LogP contribution in [0.1, 0.15) is 18.9 Å². The first-order chi connectivity index (χ1) is 5.83. The van der Waals surface area contributed by atoms with Crippen molar-refractivity contribution in [3.8, 4) is 0 Å². The van der Waals surface area contributed by atoms with E-state index in [4.69, 9.17) is 0 Å². The maximum atomic E-state index is 2.21. The van der Waals surface area contributed by atoms with Gasteiger partial charge in [0.1, 0.15) is 7.85 Å². The second kappa shape index (κ2) is 4.81. The molecule has 0 spiro atoms. The molecule has 1 heteroatoms. The molecule has 12 heavy (non-hydrogen) atoms. The maximum Gasteiger partial charge on any atom is 0.139 e. The number of benzene rings is 1. The van der Waals surface area contributed by atoms with Gasteiger partial charge in [-0.15, -0.1) is 0 Å². The van der Waals surface area contributed by atoms with Crippen molar-refractivity contribution in [3.63, 3.8) is 0 Å². The average molecular weight is 158 g/mol. The van der Waals surface area contributed by atoms with Crippen molar-refractivity contribution < 1.29 is 0 Å². The van der Waals surface area contributed by atoms with E-state index in [2.05, 4.69) is 51.2 Å². The van der Waals surface area contributed by atoms with E-state index in [1.165, 1.54) is 11.0 Å².